The molecule has 0 aromatic carbocycles. The Morgan fingerprint density at radius 3 is 2.00 bits per heavy atom. The number of rotatable bonds is 2. The molecule has 15 heavy (non-hydrogen) atoms. The van der Waals surface area contributed by atoms with Gasteiger partial charge in [0.2, 0.25) is 0 Å². The number of nitrogens with one attached hydrogen (secondary N) is 1. The summed E-state index contributed by atoms with van der Waals surface area (Å²) in [5.41, 5.74) is 5.63. The van der Waals surface area contributed by atoms with E-state index in [-0.39, 0.29) is 38.3 Å². The van der Waals surface area contributed by atoms with Gasteiger partial charge in [-0.25, -0.2) is 0 Å². The van der Waals surface area contributed by atoms with Crippen LogP contribution in [0.2, 0.25) is 0 Å². The molecule has 96 valence electrons. The monoisotopic (exact) mass is 270 g/mol. The highest BCUT2D eigenvalue weighted by Crippen LogP contribution is 2.19. The third kappa shape index (κ3) is 8.13. The highest BCUT2D eigenvalue weighted by Gasteiger charge is 2.28. The van der Waals surface area contributed by atoms with E-state index in [0.29, 0.717) is 0 Å². The van der Waals surface area contributed by atoms with Crippen molar-refractivity contribution in [3.63, 3.8) is 0 Å². The van der Waals surface area contributed by atoms with E-state index < -0.39 is 12.7 Å². The van der Waals surface area contributed by atoms with Gasteiger partial charge in [0.25, 0.3) is 0 Å². The zero-order valence-electron chi connectivity index (χ0n) is 8.22. The van der Waals surface area contributed by atoms with E-state index in [1.807, 2.05) is 0 Å². The molecule has 1 aliphatic carbocycles. The second kappa shape index (κ2) is 7.54. The maximum absolute atomic E-state index is 11.8. The van der Waals surface area contributed by atoms with Crippen LogP contribution in [0.1, 0.15) is 27.1 Å². The second-order valence-corrected chi connectivity index (χ2v) is 3.61. The van der Waals surface area contributed by atoms with Gasteiger partial charge in [-0.2, -0.15) is 13.2 Å². The lowest BCUT2D eigenvalue weighted by Gasteiger charge is -2.27. The Bertz CT molecular complexity index is 164. The molecule has 0 saturated heterocycles. The maximum Gasteiger partial charge on any atom is 0.401 e. The normalized spacial score (nSPS) is 26.4. The molecule has 2 nitrogen and oxygen atoms in total. The summed E-state index contributed by atoms with van der Waals surface area (Å²) >= 11 is 0. The van der Waals surface area contributed by atoms with Crippen LogP contribution in [-0.4, -0.2) is 24.8 Å². The van der Waals surface area contributed by atoms with Crippen LogP contribution in [0.15, 0.2) is 0 Å². The molecular formula is C8H19Cl2F3N2. The first-order chi connectivity index (χ1) is 5.97. The van der Waals surface area contributed by atoms with E-state index in [0.717, 1.165) is 25.7 Å². The lowest BCUT2D eigenvalue weighted by molar-refractivity contribution is -0.126. The first-order valence-electron chi connectivity index (χ1n) is 4.53. The molecule has 0 bridgehead atoms. The summed E-state index contributed by atoms with van der Waals surface area (Å²) in [6, 6.07) is 0.186. The first kappa shape index (κ1) is 17.7. The maximum atomic E-state index is 11.8. The molecule has 1 aliphatic rings. The topological polar surface area (TPSA) is 38.0 Å². The van der Waals surface area contributed by atoms with Gasteiger partial charge in [-0.15, -0.1) is 24.8 Å². The summed E-state index contributed by atoms with van der Waals surface area (Å²) in [5, 5.41) is 2.50. The van der Waals surface area contributed by atoms with Gasteiger partial charge < -0.3 is 11.1 Å². The summed E-state index contributed by atoms with van der Waals surface area (Å²) in [6.45, 7) is -0.882. The van der Waals surface area contributed by atoms with Gasteiger partial charge in [0.1, 0.15) is 0 Å². The minimum absolute atomic E-state index is 0. The van der Waals surface area contributed by atoms with Crippen molar-refractivity contribution in [1.82, 2.24) is 5.32 Å². The Hall–Kier alpha value is 0.290. The summed E-state index contributed by atoms with van der Waals surface area (Å²) < 4.78 is 35.4. The average molecular weight is 271 g/mol. The zero-order valence-corrected chi connectivity index (χ0v) is 9.85. The predicted octanol–water partition coefficient (Wildman–Crippen LogP) is 2.50. The van der Waals surface area contributed by atoms with Crippen molar-refractivity contribution in [3.05, 3.63) is 0 Å². The van der Waals surface area contributed by atoms with Crippen LogP contribution in [0.25, 0.3) is 0 Å². The Morgan fingerprint density at radius 2 is 1.60 bits per heavy atom. The Balaban J connectivity index is -0.000000563. The summed E-state index contributed by atoms with van der Waals surface area (Å²) in [4.78, 5) is 0. The van der Waals surface area contributed by atoms with Gasteiger partial charge in [-0.3, -0.25) is 0 Å². The van der Waals surface area contributed by atoms with Crippen LogP contribution in [-0.2, 0) is 0 Å². The summed E-state index contributed by atoms with van der Waals surface area (Å²) in [7, 11) is 0. The van der Waals surface area contributed by atoms with Gasteiger partial charge in [-0.1, -0.05) is 0 Å². The van der Waals surface area contributed by atoms with E-state index in [1.165, 1.54) is 0 Å². The van der Waals surface area contributed by atoms with Crippen LogP contribution < -0.4 is 11.1 Å². The van der Waals surface area contributed by atoms with Crippen LogP contribution in [0.3, 0.4) is 0 Å². The lowest BCUT2D eigenvalue weighted by atomic mass is 9.92. The van der Waals surface area contributed by atoms with Crippen molar-refractivity contribution in [2.45, 2.75) is 43.9 Å². The lowest BCUT2D eigenvalue weighted by Crippen LogP contribution is -2.41. The van der Waals surface area contributed by atoms with Crippen LogP contribution in [0.4, 0.5) is 13.2 Å². The fourth-order valence-electron chi connectivity index (χ4n) is 1.58. The Morgan fingerprint density at radius 1 is 1.13 bits per heavy atom. The molecule has 0 unspecified atom stereocenters. The molecule has 0 spiro atoms. The molecule has 0 aliphatic heterocycles. The predicted molar refractivity (Wildman–Crippen MR) is 60.9 cm³/mol. The van der Waals surface area contributed by atoms with Crippen molar-refractivity contribution in [1.29, 1.82) is 0 Å². The van der Waals surface area contributed by atoms with E-state index in [1.54, 1.807) is 0 Å². The second-order valence-electron chi connectivity index (χ2n) is 3.61. The van der Waals surface area contributed by atoms with Gasteiger partial charge >= 0.3 is 6.18 Å². The van der Waals surface area contributed by atoms with Crippen molar-refractivity contribution in [3.8, 4) is 0 Å². The summed E-state index contributed by atoms with van der Waals surface area (Å²) in [5.74, 6) is 0. The fraction of sp³-hybridized carbons (Fsp3) is 1.00. The smallest absolute Gasteiger partial charge is 0.328 e. The molecule has 7 heteroatoms. The molecule has 0 heterocycles. The molecule has 0 atom stereocenters. The van der Waals surface area contributed by atoms with Crippen molar-refractivity contribution in [2.75, 3.05) is 6.54 Å². The number of halogens is 5. The first-order valence-corrected chi connectivity index (χ1v) is 4.53. The van der Waals surface area contributed by atoms with E-state index in [4.69, 9.17) is 5.73 Å². The average Bonchev–Trinajstić information content (AvgIpc) is 2.02. The van der Waals surface area contributed by atoms with Gasteiger partial charge in [0, 0.05) is 13.5 Å². The quantitative estimate of drug-likeness (QED) is 0.809. The molecule has 1 rings (SSSR count). The molecular weight excluding hydrogens is 252 g/mol. The number of nitrogens with two attached hydrogens (primary N) is 1. The zero-order chi connectivity index (χ0) is 9.90. The fourth-order valence-corrected chi connectivity index (χ4v) is 1.58. The highest BCUT2D eigenvalue weighted by molar-refractivity contribution is 5.85. The molecule has 0 aromatic rings. The third-order valence-electron chi connectivity index (χ3n) is 2.36. The van der Waals surface area contributed by atoms with Crippen molar-refractivity contribution < 1.29 is 14.6 Å². The third-order valence-corrected chi connectivity index (χ3v) is 2.36. The van der Waals surface area contributed by atoms with Crippen LogP contribution >= 0.6 is 24.8 Å². The molecule has 3 N–H and O–H groups in total. The van der Waals surface area contributed by atoms with Crippen molar-refractivity contribution >= 4 is 24.8 Å². The number of hydrogen-bond donors (Lipinski definition) is 2. The van der Waals surface area contributed by atoms with E-state index >= 15 is 0 Å². The van der Waals surface area contributed by atoms with Gasteiger partial charge in [-0.05, 0) is 25.7 Å². The minimum Gasteiger partial charge on any atom is -0.328 e. The molecule has 0 radical (unpaired) electrons. The Labute approximate surface area is 101 Å². The van der Waals surface area contributed by atoms with Crippen LogP contribution in [0.5, 0.6) is 0 Å². The summed E-state index contributed by atoms with van der Waals surface area (Å²) in [6.07, 6.45) is -0.918. The SMILES string of the molecule is Cl.Cl.NC1CCC(NCC(F)(F)F)CC1.[HH]. The minimum atomic E-state index is -4.10. The number of hydrogen-bond acceptors (Lipinski definition) is 2. The largest absolute Gasteiger partial charge is 0.401 e. The molecule has 1 fully saturated rings. The van der Waals surface area contributed by atoms with Gasteiger partial charge in [0.05, 0.1) is 6.54 Å². The number of alkyl halides is 3. The standard InChI is InChI=1S/C8H15F3N2.2ClH.H2/c9-8(10,11)5-13-7-3-1-6(12)2-4-7;;;/h6-7,13H,1-5,12H2;3*1H. The van der Waals surface area contributed by atoms with E-state index in [9.17, 15) is 13.2 Å². The Kier molecular flexibility index (Phi) is 8.89. The highest BCUT2D eigenvalue weighted by atomic mass is 35.5. The van der Waals surface area contributed by atoms with Crippen molar-refractivity contribution in [2.24, 2.45) is 5.73 Å². The van der Waals surface area contributed by atoms with E-state index in [2.05, 4.69) is 5.32 Å². The van der Waals surface area contributed by atoms with Gasteiger partial charge in [0.15, 0.2) is 0 Å². The van der Waals surface area contributed by atoms with Crippen LogP contribution in [0, 0.1) is 0 Å². The molecule has 0 aromatic heterocycles. The molecule has 1 saturated carbocycles. The molecule has 0 amide bonds.